The highest BCUT2D eigenvalue weighted by molar-refractivity contribution is 5.90. The minimum Gasteiger partial charge on any atom is -0.326 e. The van der Waals surface area contributed by atoms with E-state index in [-0.39, 0.29) is 11.5 Å². The molecule has 17 heavy (non-hydrogen) atoms. The fourth-order valence-corrected chi connectivity index (χ4v) is 1.29. The summed E-state index contributed by atoms with van der Waals surface area (Å²) in [7, 11) is 0. The molecule has 1 amide bonds. The van der Waals surface area contributed by atoms with E-state index in [9.17, 15) is 9.18 Å². The van der Waals surface area contributed by atoms with Crippen LogP contribution in [0.4, 0.5) is 10.1 Å². The van der Waals surface area contributed by atoms with Crippen LogP contribution in [0.25, 0.3) is 0 Å². The van der Waals surface area contributed by atoms with Gasteiger partial charge in [-0.05, 0) is 24.7 Å². The molecule has 0 saturated carbocycles. The Labute approximate surface area is 99.4 Å². The van der Waals surface area contributed by atoms with Crippen LogP contribution in [-0.2, 0) is 4.79 Å². The summed E-state index contributed by atoms with van der Waals surface area (Å²) < 4.78 is 13.0. The fourth-order valence-electron chi connectivity index (χ4n) is 1.29. The van der Waals surface area contributed by atoms with Gasteiger partial charge in [0.15, 0.2) is 0 Å². The second kappa shape index (κ2) is 6.61. The van der Waals surface area contributed by atoms with Gasteiger partial charge >= 0.3 is 0 Å². The lowest BCUT2D eigenvalue weighted by atomic mass is 10.2. The SMILES string of the molecule is CCNCCC(=O)Nc1ccc(F)c(C#N)c1. The number of carbonyl (C=O) groups is 1. The zero-order chi connectivity index (χ0) is 12.7. The van der Waals surface area contributed by atoms with E-state index in [1.54, 1.807) is 6.07 Å². The summed E-state index contributed by atoms with van der Waals surface area (Å²) in [4.78, 5) is 11.4. The third-order valence-electron chi connectivity index (χ3n) is 2.15. The number of carbonyl (C=O) groups excluding carboxylic acids is 1. The molecule has 2 N–H and O–H groups in total. The lowest BCUT2D eigenvalue weighted by Crippen LogP contribution is -2.21. The summed E-state index contributed by atoms with van der Waals surface area (Å²) in [5.74, 6) is -0.750. The standard InChI is InChI=1S/C12H14FN3O/c1-2-15-6-5-12(17)16-10-3-4-11(13)9(7-10)8-14/h3-4,7,15H,2,5-6H2,1H3,(H,16,17). The first kappa shape index (κ1) is 13.1. The van der Waals surface area contributed by atoms with Crippen molar-refractivity contribution in [3.8, 4) is 6.07 Å². The quantitative estimate of drug-likeness (QED) is 0.762. The largest absolute Gasteiger partial charge is 0.326 e. The molecule has 0 spiro atoms. The van der Waals surface area contributed by atoms with E-state index < -0.39 is 5.82 Å². The van der Waals surface area contributed by atoms with E-state index in [1.807, 2.05) is 6.92 Å². The minimum absolute atomic E-state index is 0.0746. The monoisotopic (exact) mass is 235 g/mol. The van der Waals surface area contributed by atoms with Crippen molar-refractivity contribution in [2.24, 2.45) is 0 Å². The lowest BCUT2D eigenvalue weighted by Gasteiger charge is -2.06. The van der Waals surface area contributed by atoms with Gasteiger partial charge in [-0.2, -0.15) is 5.26 Å². The van der Waals surface area contributed by atoms with E-state index in [0.29, 0.717) is 18.7 Å². The highest BCUT2D eigenvalue weighted by Crippen LogP contribution is 2.13. The molecule has 0 fully saturated rings. The first-order chi connectivity index (χ1) is 8.17. The number of nitrogens with zero attached hydrogens (tertiary/aromatic N) is 1. The molecule has 4 nitrogen and oxygen atoms in total. The summed E-state index contributed by atoms with van der Waals surface area (Å²) in [6.45, 7) is 3.36. The molecule has 0 saturated heterocycles. The molecule has 0 aromatic heterocycles. The van der Waals surface area contributed by atoms with Crippen molar-refractivity contribution in [1.29, 1.82) is 5.26 Å². The van der Waals surface area contributed by atoms with Crippen molar-refractivity contribution in [1.82, 2.24) is 5.32 Å². The van der Waals surface area contributed by atoms with Crippen LogP contribution < -0.4 is 10.6 Å². The average Bonchev–Trinajstić information content (AvgIpc) is 2.32. The maximum absolute atomic E-state index is 13.0. The molecule has 0 heterocycles. The normalized spacial score (nSPS) is 9.71. The first-order valence-corrected chi connectivity index (χ1v) is 5.37. The van der Waals surface area contributed by atoms with Gasteiger partial charge in [-0.25, -0.2) is 4.39 Å². The van der Waals surface area contributed by atoms with Crippen molar-refractivity contribution in [3.05, 3.63) is 29.6 Å². The Kier molecular flexibility index (Phi) is 5.11. The number of anilines is 1. The number of hydrogen-bond donors (Lipinski definition) is 2. The molecular weight excluding hydrogens is 221 g/mol. The number of nitrogens with one attached hydrogen (secondary N) is 2. The molecule has 0 aliphatic carbocycles. The predicted octanol–water partition coefficient (Wildman–Crippen LogP) is 1.64. The maximum Gasteiger partial charge on any atom is 0.225 e. The van der Waals surface area contributed by atoms with Crippen LogP contribution in [0.5, 0.6) is 0 Å². The minimum atomic E-state index is -0.585. The Morgan fingerprint density at radius 3 is 2.94 bits per heavy atom. The van der Waals surface area contributed by atoms with Gasteiger partial charge in [0.05, 0.1) is 5.56 Å². The van der Waals surface area contributed by atoms with Gasteiger partial charge in [0.2, 0.25) is 5.91 Å². The molecule has 0 unspecified atom stereocenters. The molecule has 1 rings (SSSR count). The zero-order valence-electron chi connectivity index (χ0n) is 9.59. The van der Waals surface area contributed by atoms with Crippen LogP contribution in [0, 0.1) is 17.1 Å². The van der Waals surface area contributed by atoms with Crippen LogP contribution in [0.15, 0.2) is 18.2 Å². The second-order valence-electron chi connectivity index (χ2n) is 3.46. The summed E-state index contributed by atoms with van der Waals surface area (Å²) in [6, 6.07) is 5.64. The van der Waals surface area contributed by atoms with Gasteiger partial charge in [0, 0.05) is 18.7 Å². The summed E-state index contributed by atoms with van der Waals surface area (Å²) in [6.07, 6.45) is 0.340. The molecule has 0 aliphatic rings. The molecule has 90 valence electrons. The predicted molar refractivity (Wildman–Crippen MR) is 62.9 cm³/mol. The van der Waals surface area contributed by atoms with Gasteiger partial charge in [0.1, 0.15) is 11.9 Å². The Morgan fingerprint density at radius 1 is 1.53 bits per heavy atom. The van der Waals surface area contributed by atoms with E-state index in [0.717, 1.165) is 6.54 Å². The van der Waals surface area contributed by atoms with Crippen LogP contribution in [0.3, 0.4) is 0 Å². The van der Waals surface area contributed by atoms with Crippen molar-refractivity contribution >= 4 is 11.6 Å². The Balaban J connectivity index is 2.57. The van der Waals surface area contributed by atoms with E-state index >= 15 is 0 Å². The van der Waals surface area contributed by atoms with E-state index in [1.165, 1.54) is 18.2 Å². The molecular formula is C12H14FN3O. The van der Waals surface area contributed by atoms with Gasteiger partial charge in [-0.1, -0.05) is 6.92 Å². The summed E-state index contributed by atoms with van der Waals surface area (Å²) >= 11 is 0. The zero-order valence-corrected chi connectivity index (χ0v) is 9.59. The third-order valence-corrected chi connectivity index (χ3v) is 2.15. The molecule has 0 bridgehead atoms. The molecule has 5 heteroatoms. The topological polar surface area (TPSA) is 64.9 Å². The average molecular weight is 235 g/mol. The molecule has 1 aromatic rings. The van der Waals surface area contributed by atoms with Crippen molar-refractivity contribution in [2.75, 3.05) is 18.4 Å². The summed E-state index contributed by atoms with van der Waals surface area (Å²) in [5.41, 5.74) is 0.360. The van der Waals surface area contributed by atoms with Crippen LogP contribution in [0.2, 0.25) is 0 Å². The van der Waals surface area contributed by atoms with Crippen molar-refractivity contribution < 1.29 is 9.18 Å². The highest BCUT2D eigenvalue weighted by atomic mass is 19.1. The third kappa shape index (κ3) is 4.21. The van der Waals surface area contributed by atoms with Gasteiger partial charge in [-0.3, -0.25) is 4.79 Å². The van der Waals surface area contributed by atoms with Crippen LogP contribution in [0.1, 0.15) is 18.9 Å². The van der Waals surface area contributed by atoms with Gasteiger partial charge in [-0.15, -0.1) is 0 Å². The van der Waals surface area contributed by atoms with Gasteiger partial charge in [0.25, 0.3) is 0 Å². The number of hydrogen-bond acceptors (Lipinski definition) is 3. The Bertz CT molecular complexity index is 440. The van der Waals surface area contributed by atoms with Crippen molar-refractivity contribution in [3.63, 3.8) is 0 Å². The molecule has 1 aromatic carbocycles. The van der Waals surface area contributed by atoms with Crippen LogP contribution >= 0.6 is 0 Å². The second-order valence-corrected chi connectivity index (χ2v) is 3.46. The molecule has 0 aliphatic heterocycles. The Hall–Kier alpha value is -1.93. The number of halogens is 1. The smallest absolute Gasteiger partial charge is 0.225 e. The first-order valence-electron chi connectivity index (χ1n) is 5.37. The maximum atomic E-state index is 13.0. The summed E-state index contributed by atoms with van der Waals surface area (Å²) in [5, 5.41) is 14.3. The molecule has 0 radical (unpaired) electrons. The number of benzene rings is 1. The number of amides is 1. The lowest BCUT2D eigenvalue weighted by molar-refractivity contribution is -0.116. The van der Waals surface area contributed by atoms with Gasteiger partial charge < -0.3 is 10.6 Å². The molecule has 0 atom stereocenters. The Morgan fingerprint density at radius 2 is 2.29 bits per heavy atom. The van der Waals surface area contributed by atoms with Crippen molar-refractivity contribution in [2.45, 2.75) is 13.3 Å². The van der Waals surface area contributed by atoms with E-state index in [2.05, 4.69) is 10.6 Å². The highest BCUT2D eigenvalue weighted by Gasteiger charge is 2.05. The van der Waals surface area contributed by atoms with Crippen LogP contribution in [-0.4, -0.2) is 19.0 Å². The number of rotatable bonds is 5. The van der Waals surface area contributed by atoms with E-state index in [4.69, 9.17) is 5.26 Å². The fraction of sp³-hybridized carbons (Fsp3) is 0.333. The number of nitriles is 1.